The molecule has 0 spiro atoms. The number of amides is 1. The van der Waals surface area contributed by atoms with Crippen LogP contribution in [0.4, 0.5) is 4.79 Å². The van der Waals surface area contributed by atoms with Gasteiger partial charge in [-0.1, -0.05) is 11.6 Å². The first-order valence-corrected chi connectivity index (χ1v) is 4.10. The van der Waals surface area contributed by atoms with Gasteiger partial charge in [-0.2, -0.15) is 0 Å². The SMILES string of the molecule is NC(=O)Oc1c(C=O)csc1Cl. The predicted molar refractivity (Wildman–Crippen MR) is 44.9 cm³/mol. The van der Waals surface area contributed by atoms with E-state index in [1.165, 1.54) is 5.38 Å². The molecule has 0 aliphatic heterocycles. The summed E-state index contributed by atoms with van der Waals surface area (Å²) in [5.41, 5.74) is 4.97. The summed E-state index contributed by atoms with van der Waals surface area (Å²) in [5, 5.41) is 1.48. The topological polar surface area (TPSA) is 69.4 Å². The molecule has 4 nitrogen and oxygen atoms in total. The van der Waals surface area contributed by atoms with Gasteiger partial charge >= 0.3 is 6.09 Å². The van der Waals surface area contributed by atoms with Gasteiger partial charge in [0.1, 0.15) is 4.34 Å². The Morgan fingerprint density at radius 3 is 2.92 bits per heavy atom. The van der Waals surface area contributed by atoms with Crippen LogP contribution in [-0.2, 0) is 0 Å². The number of hydrogen-bond acceptors (Lipinski definition) is 4. The fourth-order valence-corrected chi connectivity index (χ4v) is 1.56. The first-order chi connectivity index (χ1) is 5.65. The zero-order valence-electron chi connectivity index (χ0n) is 5.74. The van der Waals surface area contributed by atoms with Crippen molar-refractivity contribution in [2.75, 3.05) is 0 Å². The highest BCUT2D eigenvalue weighted by Crippen LogP contribution is 2.34. The average Bonchev–Trinajstić information content (AvgIpc) is 2.32. The zero-order valence-corrected chi connectivity index (χ0v) is 7.32. The van der Waals surface area contributed by atoms with Gasteiger partial charge in [-0.3, -0.25) is 4.79 Å². The zero-order chi connectivity index (χ0) is 9.14. The van der Waals surface area contributed by atoms with E-state index in [1.807, 2.05) is 0 Å². The van der Waals surface area contributed by atoms with Crippen LogP contribution >= 0.6 is 22.9 Å². The maximum Gasteiger partial charge on any atom is 0.410 e. The monoisotopic (exact) mass is 205 g/mol. The maximum atomic E-state index is 10.3. The molecule has 6 heteroatoms. The van der Waals surface area contributed by atoms with Crippen molar-refractivity contribution in [3.8, 4) is 5.75 Å². The molecule has 1 amide bonds. The van der Waals surface area contributed by atoms with Crippen molar-refractivity contribution >= 4 is 35.3 Å². The highest BCUT2D eigenvalue weighted by atomic mass is 35.5. The third kappa shape index (κ3) is 1.75. The largest absolute Gasteiger partial charge is 0.410 e. The summed E-state index contributed by atoms with van der Waals surface area (Å²) < 4.78 is 4.73. The number of aldehydes is 1. The Morgan fingerprint density at radius 1 is 1.75 bits per heavy atom. The first-order valence-electron chi connectivity index (χ1n) is 2.84. The molecule has 0 radical (unpaired) electrons. The smallest absolute Gasteiger partial charge is 0.407 e. The molecule has 1 rings (SSSR count). The van der Waals surface area contributed by atoms with Crippen molar-refractivity contribution in [3.63, 3.8) is 0 Å². The number of nitrogens with two attached hydrogens (primary N) is 1. The predicted octanol–water partition coefficient (Wildman–Crippen LogP) is 1.67. The highest BCUT2D eigenvalue weighted by Gasteiger charge is 2.12. The summed E-state index contributed by atoms with van der Waals surface area (Å²) in [6.07, 6.45) is -0.445. The van der Waals surface area contributed by atoms with Crippen molar-refractivity contribution in [2.24, 2.45) is 5.73 Å². The molecule has 0 saturated carbocycles. The van der Waals surface area contributed by atoms with Gasteiger partial charge in [0.2, 0.25) is 0 Å². The lowest BCUT2D eigenvalue weighted by molar-refractivity contribution is 0.112. The molecule has 1 aromatic rings. The Bertz CT molecular complexity index is 323. The molecule has 64 valence electrons. The molecule has 0 aromatic carbocycles. The quantitative estimate of drug-likeness (QED) is 0.747. The van der Waals surface area contributed by atoms with Crippen molar-refractivity contribution in [3.05, 3.63) is 15.3 Å². The van der Waals surface area contributed by atoms with Gasteiger partial charge in [-0.15, -0.1) is 11.3 Å². The number of thiophene rings is 1. The molecule has 12 heavy (non-hydrogen) atoms. The lowest BCUT2D eigenvalue weighted by Crippen LogP contribution is -2.16. The van der Waals surface area contributed by atoms with Crippen molar-refractivity contribution in [1.29, 1.82) is 0 Å². The van der Waals surface area contributed by atoms with E-state index in [0.29, 0.717) is 6.29 Å². The molecule has 0 atom stereocenters. The second-order valence-corrected chi connectivity index (χ2v) is 3.31. The van der Waals surface area contributed by atoms with Crippen LogP contribution in [-0.4, -0.2) is 12.4 Å². The van der Waals surface area contributed by atoms with E-state index in [2.05, 4.69) is 4.74 Å². The molecule has 0 unspecified atom stereocenters. The molecule has 1 aromatic heterocycles. The van der Waals surface area contributed by atoms with Gasteiger partial charge < -0.3 is 10.5 Å². The molecule has 0 saturated heterocycles. The van der Waals surface area contributed by atoms with E-state index < -0.39 is 6.09 Å². The van der Waals surface area contributed by atoms with Crippen LogP contribution in [0.25, 0.3) is 0 Å². The van der Waals surface area contributed by atoms with E-state index >= 15 is 0 Å². The normalized spacial score (nSPS) is 9.42. The van der Waals surface area contributed by atoms with Crippen molar-refractivity contribution < 1.29 is 14.3 Å². The lowest BCUT2D eigenvalue weighted by atomic mass is 10.3. The number of hydrogen-bond donors (Lipinski definition) is 1. The third-order valence-corrected chi connectivity index (χ3v) is 2.26. The molecule has 0 fully saturated rings. The highest BCUT2D eigenvalue weighted by molar-refractivity contribution is 7.15. The summed E-state index contributed by atoms with van der Waals surface area (Å²) in [5.74, 6) is 0.0316. The van der Waals surface area contributed by atoms with E-state index in [1.54, 1.807) is 0 Å². The van der Waals surface area contributed by atoms with Gasteiger partial charge in [0.25, 0.3) is 0 Å². The molecule has 2 N–H and O–H groups in total. The standard InChI is InChI=1S/C6H4ClNO3S/c7-5-4(11-6(8)10)3(1-9)2-12-5/h1-2H,(H2,8,10). The fourth-order valence-electron chi connectivity index (χ4n) is 0.617. The Morgan fingerprint density at radius 2 is 2.42 bits per heavy atom. The number of rotatable bonds is 2. The van der Waals surface area contributed by atoms with E-state index in [4.69, 9.17) is 17.3 Å². The van der Waals surface area contributed by atoms with Crippen LogP contribution in [0.2, 0.25) is 4.34 Å². The summed E-state index contributed by atoms with van der Waals surface area (Å²) in [7, 11) is 0. The van der Waals surface area contributed by atoms with Crippen molar-refractivity contribution in [2.45, 2.75) is 0 Å². The van der Waals surface area contributed by atoms with Gasteiger partial charge in [0, 0.05) is 5.38 Å². The van der Waals surface area contributed by atoms with Gasteiger partial charge in [0.05, 0.1) is 5.56 Å². The minimum atomic E-state index is -0.988. The third-order valence-electron chi connectivity index (χ3n) is 1.06. The van der Waals surface area contributed by atoms with Crippen LogP contribution < -0.4 is 10.5 Å². The maximum absolute atomic E-state index is 10.3. The first kappa shape index (κ1) is 9.02. The molecule has 0 aliphatic carbocycles. The lowest BCUT2D eigenvalue weighted by Gasteiger charge is -1.97. The summed E-state index contributed by atoms with van der Waals surface area (Å²) in [4.78, 5) is 20.7. The van der Waals surface area contributed by atoms with Crippen LogP contribution in [0.1, 0.15) is 10.4 Å². The number of carbonyl (C=O) groups is 2. The summed E-state index contributed by atoms with van der Waals surface area (Å²) in [6, 6.07) is 0. The molecule has 0 aliphatic rings. The second-order valence-electron chi connectivity index (χ2n) is 1.83. The number of halogens is 1. The van der Waals surface area contributed by atoms with Crippen molar-refractivity contribution in [1.82, 2.24) is 0 Å². The summed E-state index contributed by atoms with van der Waals surface area (Å²) >= 11 is 6.69. The summed E-state index contributed by atoms with van der Waals surface area (Å²) in [6.45, 7) is 0. The number of primary amides is 1. The van der Waals surface area contributed by atoms with Gasteiger partial charge in [-0.25, -0.2) is 4.79 Å². The average molecular weight is 206 g/mol. The Hall–Kier alpha value is -1.07. The Kier molecular flexibility index (Phi) is 2.67. The van der Waals surface area contributed by atoms with E-state index in [-0.39, 0.29) is 15.6 Å². The Labute approximate surface area is 76.9 Å². The van der Waals surface area contributed by atoms with E-state index in [0.717, 1.165) is 11.3 Å². The molecular formula is C6H4ClNO3S. The van der Waals surface area contributed by atoms with Crippen LogP contribution in [0.15, 0.2) is 5.38 Å². The second kappa shape index (κ2) is 3.55. The number of carbonyl (C=O) groups excluding carboxylic acids is 2. The van der Waals surface area contributed by atoms with Crippen LogP contribution in [0.3, 0.4) is 0 Å². The minimum absolute atomic E-state index is 0.0316. The number of ether oxygens (including phenoxy) is 1. The van der Waals surface area contributed by atoms with Crippen LogP contribution in [0, 0.1) is 0 Å². The molecule has 0 bridgehead atoms. The minimum Gasteiger partial charge on any atom is -0.407 e. The van der Waals surface area contributed by atoms with Gasteiger partial charge in [-0.05, 0) is 0 Å². The molecule has 1 heterocycles. The fraction of sp³-hybridized carbons (Fsp3) is 0. The van der Waals surface area contributed by atoms with Gasteiger partial charge in [0.15, 0.2) is 12.0 Å². The van der Waals surface area contributed by atoms with Crippen LogP contribution in [0.5, 0.6) is 5.75 Å². The molecular weight excluding hydrogens is 202 g/mol. The Balaban J connectivity index is 3.01. The van der Waals surface area contributed by atoms with E-state index in [9.17, 15) is 9.59 Å².